The summed E-state index contributed by atoms with van der Waals surface area (Å²) in [5, 5.41) is 17.3. The lowest BCUT2D eigenvalue weighted by atomic mass is 10.2. The predicted molar refractivity (Wildman–Crippen MR) is 39.5 cm³/mol. The summed E-state index contributed by atoms with van der Waals surface area (Å²) in [5.74, 6) is -0.753. The van der Waals surface area contributed by atoms with Gasteiger partial charge in [0.25, 0.3) is 0 Å². The van der Waals surface area contributed by atoms with Gasteiger partial charge in [-0.1, -0.05) is 0 Å². The van der Waals surface area contributed by atoms with Crippen molar-refractivity contribution in [3.8, 4) is 0 Å². The number of hydrogen-bond acceptors (Lipinski definition) is 5. The summed E-state index contributed by atoms with van der Waals surface area (Å²) in [6.07, 6.45) is 1.36. The van der Waals surface area contributed by atoms with Crippen LogP contribution in [0.4, 0.5) is 0 Å². The lowest BCUT2D eigenvalue weighted by Gasteiger charge is -2.02. The molecule has 0 fully saturated rings. The van der Waals surface area contributed by atoms with Crippen molar-refractivity contribution in [1.29, 1.82) is 0 Å². The Morgan fingerprint density at radius 3 is 2.58 bits per heavy atom. The first-order valence-corrected chi connectivity index (χ1v) is 3.36. The van der Waals surface area contributed by atoms with E-state index in [-0.39, 0.29) is 5.82 Å². The predicted octanol–water partition coefficient (Wildman–Crippen LogP) is -0.988. The molecule has 1 atom stereocenters. The number of rotatable bonds is 3. The summed E-state index contributed by atoms with van der Waals surface area (Å²) in [6.45, 7) is -0.614. The Morgan fingerprint density at radius 2 is 2.08 bits per heavy atom. The van der Waals surface area contributed by atoms with Crippen LogP contribution in [-0.2, 0) is 0 Å². The molecule has 0 spiro atoms. The van der Waals surface area contributed by atoms with Crippen LogP contribution in [0.1, 0.15) is 10.6 Å². The molecule has 0 aliphatic rings. The lowest BCUT2D eigenvalue weighted by Crippen LogP contribution is -2.25. The van der Waals surface area contributed by atoms with Crippen LogP contribution in [0.15, 0.2) is 18.5 Å². The second-order valence-corrected chi connectivity index (χ2v) is 2.14. The van der Waals surface area contributed by atoms with E-state index in [0.717, 1.165) is 0 Å². The van der Waals surface area contributed by atoms with E-state index < -0.39 is 18.5 Å². The number of nitrogens with zero attached hydrogens (tertiary/aromatic N) is 2. The Labute approximate surface area is 68.7 Å². The van der Waals surface area contributed by atoms with E-state index in [2.05, 4.69) is 9.97 Å². The molecular weight excluding hydrogens is 160 g/mol. The van der Waals surface area contributed by atoms with Crippen LogP contribution in [-0.4, -0.2) is 38.7 Å². The second-order valence-electron chi connectivity index (χ2n) is 2.14. The molecule has 1 heterocycles. The summed E-state index contributed by atoms with van der Waals surface area (Å²) < 4.78 is 0. The smallest absolute Gasteiger partial charge is 0.230 e. The van der Waals surface area contributed by atoms with Crippen molar-refractivity contribution in [3.05, 3.63) is 24.3 Å². The van der Waals surface area contributed by atoms with E-state index in [4.69, 9.17) is 10.2 Å². The van der Waals surface area contributed by atoms with Crippen LogP contribution < -0.4 is 0 Å². The number of aliphatic hydroxyl groups excluding tert-OH is 2. The van der Waals surface area contributed by atoms with Crippen molar-refractivity contribution in [2.75, 3.05) is 6.61 Å². The SMILES string of the molecule is O=C(c1ncccn1)C(O)CO. The molecule has 0 aliphatic carbocycles. The standard InChI is InChI=1S/C7H8N2O3/c10-4-5(11)6(12)7-8-2-1-3-9-7/h1-3,5,10-11H,4H2. The zero-order chi connectivity index (χ0) is 8.97. The van der Waals surface area contributed by atoms with Crippen LogP contribution >= 0.6 is 0 Å². The van der Waals surface area contributed by atoms with E-state index in [1.165, 1.54) is 12.4 Å². The molecule has 0 radical (unpaired) electrons. The summed E-state index contributed by atoms with van der Waals surface area (Å²) in [4.78, 5) is 18.3. The van der Waals surface area contributed by atoms with Crippen molar-refractivity contribution >= 4 is 5.78 Å². The van der Waals surface area contributed by atoms with Gasteiger partial charge in [-0.05, 0) is 6.07 Å². The average molecular weight is 168 g/mol. The van der Waals surface area contributed by atoms with Gasteiger partial charge in [0.15, 0.2) is 5.82 Å². The molecule has 12 heavy (non-hydrogen) atoms. The monoisotopic (exact) mass is 168 g/mol. The maximum Gasteiger partial charge on any atom is 0.230 e. The Morgan fingerprint density at radius 1 is 1.50 bits per heavy atom. The summed E-state index contributed by atoms with van der Waals surface area (Å²) in [6, 6.07) is 1.56. The first-order valence-electron chi connectivity index (χ1n) is 3.36. The van der Waals surface area contributed by atoms with Gasteiger partial charge in [-0.2, -0.15) is 0 Å². The van der Waals surface area contributed by atoms with E-state index in [1.54, 1.807) is 6.07 Å². The number of aromatic nitrogens is 2. The lowest BCUT2D eigenvalue weighted by molar-refractivity contribution is 0.0577. The number of carbonyl (C=O) groups excluding carboxylic acids is 1. The van der Waals surface area contributed by atoms with E-state index >= 15 is 0 Å². The Kier molecular flexibility index (Phi) is 2.84. The van der Waals surface area contributed by atoms with E-state index in [0.29, 0.717) is 0 Å². The average Bonchev–Trinajstić information content (AvgIpc) is 2.17. The molecule has 0 saturated heterocycles. The van der Waals surface area contributed by atoms with Gasteiger partial charge >= 0.3 is 0 Å². The van der Waals surface area contributed by atoms with Crippen molar-refractivity contribution in [1.82, 2.24) is 9.97 Å². The molecule has 0 amide bonds. The maximum absolute atomic E-state index is 11.0. The van der Waals surface area contributed by atoms with Gasteiger partial charge in [0.05, 0.1) is 6.61 Å². The maximum atomic E-state index is 11.0. The highest BCUT2D eigenvalue weighted by Gasteiger charge is 2.17. The Balaban J connectivity index is 2.79. The van der Waals surface area contributed by atoms with Crippen LogP contribution in [0, 0.1) is 0 Å². The second kappa shape index (κ2) is 3.89. The van der Waals surface area contributed by atoms with Crippen molar-refractivity contribution in [2.24, 2.45) is 0 Å². The zero-order valence-corrected chi connectivity index (χ0v) is 6.21. The minimum atomic E-state index is -1.42. The first kappa shape index (κ1) is 8.76. The van der Waals surface area contributed by atoms with Gasteiger partial charge in [-0.25, -0.2) is 9.97 Å². The van der Waals surface area contributed by atoms with Crippen molar-refractivity contribution in [2.45, 2.75) is 6.10 Å². The topological polar surface area (TPSA) is 83.3 Å². The number of aliphatic hydroxyl groups is 2. The quantitative estimate of drug-likeness (QED) is 0.566. The Hall–Kier alpha value is -1.33. The van der Waals surface area contributed by atoms with Crippen LogP contribution in [0.5, 0.6) is 0 Å². The van der Waals surface area contributed by atoms with Crippen LogP contribution in [0.25, 0.3) is 0 Å². The normalized spacial score (nSPS) is 12.5. The molecular formula is C7H8N2O3. The van der Waals surface area contributed by atoms with Crippen LogP contribution in [0.3, 0.4) is 0 Å². The number of ketones is 1. The molecule has 0 bridgehead atoms. The fourth-order valence-corrected chi connectivity index (χ4v) is 0.658. The highest BCUT2D eigenvalue weighted by Crippen LogP contribution is 1.94. The summed E-state index contributed by atoms with van der Waals surface area (Å²) in [7, 11) is 0. The third-order valence-electron chi connectivity index (χ3n) is 1.26. The van der Waals surface area contributed by atoms with Gasteiger partial charge in [-0.3, -0.25) is 4.79 Å². The molecule has 5 nitrogen and oxygen atoms in total. The third-order valence-corrected chi connectivity index (χ3v) is 1.26. The van der Waals surface area contributed by atoms with Gasteiger partial charge < -0.3 is 10.2 Å². The van der Waals surface area contributed by atoms with Crippen LogP contribution in [0.2, 0.25) is 0 Å². The third kappa shape index (κ3) is 1.84. The molecule has 64 valence electrons. The molecule has 0 aliphatic heterocycles. The molecule has 2 N–H and O–H groups in total. The summed E-state index contributed by atoms with van der Waals surface area (Å²) >= 11 is 0. The molecule has 5 heteroatoms. The van der Waals surface area contributed by atoms with E-state index in [1.807, 2.05) is 0 Å². The molecule has 1 aromatic heterocycles. The minimum absolute atomic E-state index is 0.0842. The Bertz CT molecular complexity index is 263. The van der Waals surface area contributed by atoms with Gasteiger partial charge in [0.2, 0.25) is 5.78 Å². The largest absolute Gasteiger partial charge is 0.393 e. The minimum Gasteiger partial charge on any atom is -0.393 e. The number of carbonyl (C=O) groups is 1. The van der Waals surface area contributed by atoms with Gasteiger partial charge in [0.1, 0.15) is 6.10 Å². The molecule has 1 rings (SSSR count). The molecule has 0 saturated carbocycles. The van der Waals surface area contributed by atoms with Crippen molar-refractivity contribution < 1.29 is 15.0 Å². The number of Topliss-reactive ketones (excluding diaryl/α,β-unsaturated/α-hetero) is 1. The first-order chi connectivity index (χ1) is 5.75. The zero-order valence-electron chi connectivity index (χ0n) is 6.21. The number of hydrogen-bond donors (Lipinski definition) is 2. The fraction of sp³-hybridized carbons (Fsp3) is 0.286. The highest BCUT2D eigenvalue weighted by molar-refractivity contribution is 5.95. The van der Waals surface area contributed by atoms with E-state index in [9.17, 15) is 4.79 Å². The van der Waals surface area contributed by atoms with Crippen molar-refractivity contribution in [3.63, 3.8) is 0 Å². The molecule has 0 aromatic carbocycles. The molecule has 1 unspecified atom stereocenters. The summed E-state index contributed by atoms with van der Waals surface area (Å²) in [5.41, 5.74) is 0. The highest BCUT2D eigenvalue weighted by atomic mass is 16.3. The van der Waals surface area contributed by atoms with Gasteiger partial charge in [0, 0.05) is 12.4 Å². The fourth-order valence-electron chi connectivity index (χ4n) is 0.658. The van der Waals surface area contributed by atoms with Gasteiger partial charge in [-0.15, -0.1) is 0 Å². The molecule has 1 aromatic rings.